The number of hydrogen-bond donors (Lipinski definition) is 2. The third kappa shape index (κ3) is 1.35. The Bertz CT molecular complexity index is 247. The van der Waals surface area contributed by atoms with Crippen molar-refractivity contribution in [1.29, 1.82) is 0 Å². The minimum atomic E-state index is -2.72. The van der Waals surface area contributed by atoms with E-state index in [1.807, 2.05) is 0 Å². The van der Waals surface area contributed by atoms with Crippen molar-refractivity contribution < 1.29 is 16.8 Å². The maximum atomic E-state index is 10.4. The summed E-state index contributed by atoms with van der Waals surface area (Å²) < 4.78 is 34.9. The largest absolute Gasteiger partial charge is 0.480 e. The molecule has 0 radical (unpaired) electrons. The van der Waals surface area contributed by atoms with Crippen LogP contribution in [0.4, 0.5) is 0 Å². The topological polar surface area (TPSA) is 49.3 Å². The van der Waals surface area contributed by atoms with Gasteiger partial charge in [-0.3, -0.25) is 4.79 Å². The van der Waals surface area contributed by atoms with E-state index in [0.717, 1.165) is 0 Å². The second kappa shape index (κ2) is 2.89. The molecular formula is C4H8ClNO2. The number of aliphatic carboxylic acids is 1. The van der Waals surface area contributed by atoms with E-state index >= 15 is 0 Å². The van der Waals surface area contributed by atoms with Crippen LogP contribution in [0.15, 0.2) is 0 Å². The summed E-state index contributed by atoms with van der Waals surface area (Å²) >= 11 is 0. The third-order valence-corrected chi connectivity index (χ3v) is 0.589. The zero-order valence-corrected chi connectivity index (χ0v) is 4.58. The Hall–Kier alpha value is -0.280. The van der Waals surface area contributed by atoms with Gasteiger partial charge < -0.3 is 10.4 Å². The monoisotopic (exact) mass is 142 g/mol. The fraction of sp³-hybridized carbons (Fsp3) is 0.750. The molecule has 0 aliphatic carbocycles. The molecule has 3 nitrogen and oxygen atoms in total. The van der Waals surface area contributed by atoms with Crippen molar-refractivity contribution in [2.24, 2.45) is 0 Å². The van der Waals surface area contributed by atoms with Crippen LogP contribution in [0.3, 0.4) is 0 Å². The predicted octanol–water partition coefficient (Wildman–Crippen LogP) is -0.145. The van der Waals surface area contributed by atoms with E-state index in [2.05, 4.69) is 0 Å². The average molecular weight is 143 g/mol. The Kier molecular flexibility index (Phi) is 0.917. The van der Waals surface area contributed by atoms with Gasteiger partial charge in [-0.05, 0) is 12.9 Å². The van der Waals surface area contributed by atoms with Crippen LogP contribution >= 0.6 is 12.4 Å². The number of carbonyl (C=O) groups is 1. The van der Waals surface area contributed by atoms with E-state index in [4.69, 9.17) is 12.0 Å². The standard InChI is InChI=1S/C4H7NO2.ClH/c6-4(7)3-1-2-5-3;/h3,5H,1-2H2,(H,6,7);1H/t3-;/m1./s1/i1D2,2D2,3D;. The maximum Gasteiger partial charge on any atom is 0.320 e. The molecule has 8 heavy (non-hydrogen) atoms. The van der Waals surface area contributed by atoms with Crippen LogP contribution in [0.1, 0.15) is 13.2 Å². The predicted molar refractivity (Wildman–Crippen MR) is 31.3 cm³/mol. The van der Waals surface area contributed by atoms with Gasteiger partial charge in [0.2, 0.25) is 0 Å². The summed E-state index contributed by atoms with van der Waals surface area (Å²) in [5, 5.41) is 10.1. The first-order valence-electron chi connectivity index (χ1n) is 4.18. The number of hydrogen-bond acceptors (Lipinski definition) is 2. The highest BCUT2D eigenvalue weighted by molar-refractivity contribution is 5.85. The molecule has 0 aromatic carbocycles. The number of halogens is 1. The highest BCUT2D eigenvalue weighted by Crippen LogP contribution is 1.99. The van der Waals surface area contributed by atoms with Crippen molar-refractivity contribution in [3.63, 3.8) is 0 Å². The molecule has 4 heteroatoms. The number of carboxylic acids is 1. The van der Waals surface area contributed by atoms with Gasteiger partial charge in [-0.1, -0.05) is 0 Å². The molecule has 1 heterocycles. The molecule has 0 saturated carbocycles. The van der Waals surface area contributed by atoms with Gasteiger partial charge in [0.05, 0.1) is 1.37 Å². The first kappa shape index (κ1) is 2.54. The molecule has 0 amide bonds. The van der Waals surface area contributed by atoms with Crippen LogP contribution in [-0.2, 0) is 4.79 Å². The molecular weight excluding hydrogens is 130 g/mol. The first-order chi connectivity index (χ1) is 5.15. The number of nitrogens with one attached hydrogen (secondary N) is 1. The van der Waals surface area contributed by atoms with E-state index in [1.54, 1.807) is 5.32 Å². The van der Waals surface area contributed by atoms with Gasteiger partial charge in [-0.2, -0.15) is 0 Å². The fourth-order valence-electron chi connectivity index (χ4n) is 0.232. The van der Waals surface area contributed by atoms with Crippen molar-refractivity contribution >= 4 is 18.4 Å². The SMILES string of the molecule is Cl.[2H]C1([2H])N[C@@]([2H])(C(=O)O)C1([2H])[2H]. The number of carboxylic acid groups (broad SMARTS) is 1. The normalized spacial score (nSPS) is 56.2. The quantitative estimate of drug-likeness (QED) is 0.536. The highest BCUT2D eigenvalue weighted by Gasteiger charge is 2.22. The van der Waals surface area contributed by atoms with E-state index < -0.39 is 24.9 Å². The van der Waals surface area contributed by atoms with Gasteiger partial charge in [0, 0.05) is 5.48 Å². The molecule has 1 saturated heterocycles. The van der Waals surface area contributed by atoms with Crippen LogP contribution in [0, 0.1) is 0 Å². The first-order valence-corrected chi connectivity index (χ1v) is 1.68. The van der Waals surface area contributed by atoms with Gasteiger partial charge in [0.15, 0.2) is 0 Å². The zero-order chi connectivity index (χ0) is 9.78. The Morgan fingerprint density at radius 3 is 2.88 bits per heavy atom. The molecule has 1 aliphatic heterocycles. The van der Waals surface area contributed by atoms with Gasteiger partial charge in [-0.15, -0.1) is 12.4 Å². The molecule has 1 rings (SSSR count). The van der Waals surface area contributed by atoms with Crippen LogP contribution in [-0.4, -0.2) is 23.6 Å². The molecule has 2 N–H and O–H groups in total. The minimum absolute atomic E-state index is 0. The molecule has 0 unspecified atom stereocenters. The lowest BCUT2D eigenvalue weighted by Gasteiger charge is -2.22. The molecule has 1 aliphatic rings. The molecule has 1 fully saturated rings. The van der Waals surface area contributed by atoms with E-state index in [9.17, 15) is 4.79 Å². The second-order valence-corrected chi connectivity index (χ2v) is 1.06. The van der Waals surface area contributed by atoms with Crippen molar-refractivity contribution in [1.82, 2.24) is 5.32 Å². The summed E-state index contributed by atoms with van der Waals surface area (Å²) in [4.78, 5) is 10.4. The van der Waals surface area contributed by atoms with Crippen LogP contribution in [0.25, 0.3) is 0 Å². The van der Waals surface area contributed by atoms with Crippen LogP contribution < -0.4 is 5.32 Å². The van der Waals surface area contributed by atoms with E-state index in [-0.39, 0.29) is 12.4 Å². The summed E-state index contributed by atoms with van der Waals surface area (Å²) in [6.07, 6.45) is -2.72. The number of rotatable bonds is 1. The van der Waals surface area contributed by atoms with E-state index in [1.165, 1.54) is 0 Å². The van der Waals surface area contributed by atoms with Crippen molar-refractivity contribution in [3.8, 4) is 0 Å². The lowest BCUT2D eigenvalue weighted by atomic mass is 10.1. The Labute approximate surface area is 60.5 Å². The third-order valence-electron chi connectivity index (χ3n) is 0.589. The Morgan fingerprint density at radius 2 is 2.75 bits per heavy atom. The lowest BCUT2D eigenvalue weighted by Crippen LogP contribution is -2.48. The van der Waals surface area contributed by atoms with E-state index in [0.29, 0.717) is 0 Å². The minimum Gasteiger partial charge on any atom is -0.480 e. The molecule has 0 bridgehead atoms. The summed E-state index contributed by atoms with van der Waals surface area (Å²) in [5.74, 6) is -1.72. The fourth-order valence-corrected chi connectivity index (χ4v) is 0.232. The van der Waals surface area contributed by atoms with Gasteiger partial charge >= 0.3 is 5.97 Å². The summed E-state index contributed by atoms with van der Waals surface area (Å²) in [7, 11) is 0. The average Bonchev–Trinajstić information content (AvgIpc) is 1.85. The molecule has 0 aromatic rings. The van der Waals surface area contributed by atoms with Crippen molar-refractivity contribution in [2.75, 3.05) is 6.50 Å². The molecule has 48 valence electrons. The van der Waals surface area contributed by atoms with Crippen molar-refractivity contribution in [3.05, 3.63) is 0 Å². The molecule has 0 spiro atoms. The van der Waals surface area contributed by atoms with Gasteiger partial charge in [0.25, 0.3) is 0 Å². The Morgan fingerprint density at radius 1 is 2.12 bits per heavy atom. The van der Waals surface area contributed by atoms with Crippen LogP contribution in [0.2, 0.25) is 0 Å². The van der Waals surface area contributed by atoms with Crippen molar-refractivity contribution in [2.45, 2.75) is 12.4 Å². The molecule has 1 atom stereocenters. The summed E-state index contributed by atoms with van der Waals surface area (Å²) in [6.45, 7) is -2.45. The zero-order valence-electron chi connectivity index (χ0n) is 8.76. The smallest absolute Gasteiger partial charge is 0.320 e. The Balaban J connectivity index is 0.00000144. The second-order valence-electron chi connectivity index (χ2n) is 1.06. The summed E-state index contributed by atoms with van der Waals surface area (Å²) in [5.41, 5.74) is 0. The maximum absolute atomic E-state index is 10.4. The molecule has 0 aromatic heterocycles. The van der Waals surface area contributed by atoms with Gasteiger partial charge in [-0.25, -0.2) is 0 Å². The summed E-state index contributed by atoms with van der Waals surface area (Å²) in [6, 6.07) is -2.57. The highest BCUT2D eigenvalue weighted by atomic mass is 35.5. The lowest BCUT2D eigenvalue weighted by molar-refractivity contribution is -0.141. The van der Waals surface area contributed by atoms with Gasteiger partial charge in [0.1, 0.15) is 6.02 Å². The van der Waals surface area contributed by atoms with Crippen LogP contribution in [0.5, 0.6) is 0 Å².